The van der Waals surface area contributed by atoms with E-state index in [1.54, 1.807) is 13.8 Å². The number of phenols is 1. The molecule has 0 saturated carbocycles. The monoisotopic (exact) mass is 312 g/mol. The third kappa shape index (κ3) is 2.89. The highest BCUT2D eigenvalue weighted by Crippen LogP contribution is 2.33. The van der Waals surface area contributed by atoms with E-state index in [0.717, 1.165) is 0 Å². The zero-order valence-corrected chi connectivity index (χ0v) is 13.1. The molecule has 2 rings (SSSR count). The number of hydrogen-bond acceptors (Lipinski definition) is 4. The third-order valence-corrected chi connectivity index (χ3v) is 5.70. The lowest BCUT2D eigenvalue weighted by Gasteiger charge is -2.21. The number of rotatable bonds is 5. The largest absolute Gasteiger partial charge is 0.506 e. The highest BCUT2D eigenvalue weighted by atomic mass is 32.2. The van der Waals surface area contributed by atoms with Crippen LogP contribution in [-0.4, -0.2) is 43.4 Å². The van der Waals surface area contributed by atoms with Crippen LogP contribution in [0.1, 0.15) is 26.7 Å². The Labute approximate surface area is 125 Å². The molecule has 0 bridgehead atoms. The Kier molecular flexibility index (Phi) is 4.53. The first kappa shape index (κ1) is 15.8. The van der Waals surface area contributed by atoms with Gasteiger partial charge in [0.25, 0.3) is 0 Å². The summed E-state index contributed by atoms with van der Waals surface area (Å²) >= 11 is 0. The van der Waals surface area contributed by atoms with Gasteiger partial charge in [0.15, 0.2) is 0 Å². The second-order valence-corrected chi connectivity index (χ2v) is 6.83. The minimum Gasteiger partial charge on any atom is -0.506 e. The van der Waals surface area contributed by atoms with Crippen LogP contribution in [0.4, 0.5) is 5.69 Å². The van der Waals surface area contributed by atoms with E-state index >= 15 is 0 Å². The van der Waals surface area contributed by atoms with Gasteiger partial charge >= 0.3 is 0 Å². The molecule has 0 aromatic heterocycles. The molecule has 1 amide bonds. The topological polar surface area (TPSA) is 77.9 Å². The van der Waals surface area contributed by atoms with Gasteiger partial charge < -0.3 is 10.0 Å². The predicted octanol–water partition coefficient (Wildman–Crippen LogP) is 1.55. The van der Waals surface area contributed by atoms with E-state index in [0.29, 0.717) is 32.5 Å². The lowest BCUT2D eigenvalue weighted by atomic mass is 10.2. The Morgan fingerprint density at radius 3 is 2.48 bits per heavy atom. The van der Waals surface area contributed by atoms with Gasteiger partial charge in [0.2, 0.25) is 15.9 Å². The minimum absolute atomic E-state index is 0.0799. The Bertz CT molecular complexity index is 638. The molecule has 1 aliphatic rings. The van der Waals surface area contributed by atoms with Crippen molar-refractivity contribution in [3.8, 4) is 5.75 Å². The van der Waals surface area contributed by atoms with Crippen LogP contribution in [-0.2, 0) is 14.8 Å². The zero-order valence-electron chi connectivity index (χ0n) is 12.2. The SMILES string of the molecule is CCN(CC)S(=O)(=O)c1ccc(O)c(N2CCCC2=O)c1. The fourth-order valence-corrected chi connectivity index (χ4v) is 3.97. The average molecular weight is 312 g/mol. The maximum Gasteiger partial charge on any atom is 0.243 e. The summed E-state index contributed by atoms with van der Waals surface area (Å²) in [6.45, 7) is 4.79. The standard InChI is InChI=1S/C14H20N2O4S/c1-3-15(4-2)21(19,20)11-7-8-13(17)12(10-11)16-9-5-6-14(16)18/h7-8,10,17H,3-6,9H2,1-2H3. The van der Waals surface area contributed by atoms with Crippen LogP contribution in [0.3, 0.4) is 0 Å². The van der Waals surface area contributed by atoms with Crippen molar-refractivity contribution >= 4 is 21.6 Å². The predicted molar refractivity (Wildman–Crippen MR) is 79.8 cm³/mol. The molecule has 0 spiro atoms. The summed E-state index contributed by atoms with van der Waals surface area (Å²) in [5, 5.41) is 9.93. The zero-order chi connectivity index (χ0) is 15.6. The maximum atomic E-state index is 12.5. The Morgan fingerprint density at radius 2 is 1.95 bits per heavy atom. The molecule has 1 aromatic rings. The summed E-state index contributed by atoms with van der Waals surface area (Å²) < 4.78 is 26.3. The quantitative estimate of drug-likeness (QED) is 0.895. The summed E-state index contributed by atoms with van der Waals surface area (Å²) in [5.74, 6) is -0.175. The average Bonchev–Trinajstić information content (AvgIpc) is 2.86. The van der Waals surface area contributed by atoms with Gasteiger partial charge in [0, 0.05) is 26.1 Å². The van der Waals surface area contributed by atoms with E-state index in [1.807, 2.05) is 0 Å². The first-order valence-corrected chi connectivity index (χ1v) is 8.49. The Hall–Kier alpha value is -1.60. The van der Waals surface area contributed by atoms with Crippen molar-refractivity contribution in [2.75, 3.05) is 24.5 Å². The molecule has 116 valence electrons. The summed E-state index contributed by atoms with van der Waals surface area (Å²) in [4.78, 5) is 13.3. The smallest absolute Gasteiger partial charge is 0.243 e. The number of hydrogen-bond donors (Lipinski definition) is 1. The lowest BCUT2D eigenvalue weighted by Crippen LogP contribution is -2.31. The molecule has 21 heavy (non-hydrogen) atoms. The third-order valence-electron chi connectivity index (χ3n) is 3.65. The number of carbonyl (C=O) groups excluding carboxylic acids is 1. The lowest BCUT2D eigenvalue weighted by molar-refractivity contribution is -0.117. The number of nitrogens with zero attached hydrogens (tertiary/aromatic N) is 2. The van der Waals surface area contributed by atoms with Crippen molar-refractivity contribution in [1.29, 1.82) is 0 Å². The second kappa shape index (κ2) is 6.03. The van der Waals surface area contributed by atoms with Gasteiger partial charge in [-0.25, -0.2) is 8.42 Å². The first-order valence-electron chi connectivity index (χ1n) is 7.05. The number of sulfonamides is 1. The summed E-state index contributed by atoms with van der Waals surface area (Å²) in [7, 11) is -3.60. The fraction of sp³-hybridized carbons (Fsp3) is 0.500. The van der Waals surface area contributed by atoms with Gasteiger partial charge in [-0.05, 0) is 24.6 Å². The fourth-order valence-electron chi connectivity index (χ4n) is 2.50. The number of aromatic hydroxyl groups is 1. The molecule has 1 N–H and O–H groups in total. The maximum absolute atomic E-state index is 12.5. The number of benzene rings is 1. The molecular formula is C14H20N2O4S. The van der Waals surface area contributed by atoms with E-state index < -0.39 is 10.0 Å². The molecule has 0 aliphatic carbocycles. The first-order chi connectivity index (χ1) is 9.91. The van der Waals surface area contributed by atoms with Crippen molar-refractivity contribution < 1.29 is 18.3 Å². The number of amides is 1. The van der Waals surface area contributed by atoms with Crippen LogP contribution in [0.15, 0.2) is 23.1 Å². The van der Waals surface area contributed by atoms with Crippen molar-refractivity contribution in [3.05, 3.63) is 18.2 Å². The van der Waals surface area contributed by atoms with Crippen LogP contribution in [0.2, 0.25) is 0 Å². The Balaban J connectivity index is 2.46. The van der Waals surface area contributed by atoms with Gasteiger partial charge in [-0.15, -0.1) is 0 Å². The molecule has 1 aromatic carbocycles. The van der Waals surface area contributed by atoms with Crippen LogP contribution in [0, 0.1) is 0 Å². The molecule has 1 fully saturated rings. The molecule has 1 saturated heterocycles. The van der Waals surface area contributed by atoms with Gasteiger partial charge in [-0.1, -0.05) is 13.8 Å². The summed E-state index contributed by atoms with van der Waals surface area (Å²) in [5.41, 5.74) is 0.269. The number of anilines is 1. The van der Waals surface area contributed by atoms with E-state index in [4.69, 9.17) is 0 Å². The van der Waals surface area contributed by atoms with E-state index in [1.165, 1.54) is 27.4 Å². The van der Waals surface area contributed by atoms with Crippen LogP contribution in [0.25, 0.3) is 0 Å². The van der Waals surface area contributed by atoms with Crippen molar-refractivity contribution in [2.45, 2.75) is 31.6 Å². The van der Waals surface area contributed by atoms with Gasteiger partial charge in [-0.2, -0.15) is 4.31 Å². The molecular weight excluding hydrogens is 292 g/mol. The molecule has 1 aliphatic heterocycles. The van der Waals surface area contributed by atoms with Crippen LogP contribution < -0.4 is 4.90 Å². The highest BCUT2D eigenvalue weighted by Gasteiger charge is 2.27. The molecule has 0 atom stereocenters. The van der Waals surface area contributed by atoms with Crippen LogP contribution in [0.5, 0.6) is 5.75 Å². The van der Waals surface area contributed by atoms with Crippen molar-refractivity contribution in [3.63, 3.8) is 0 Å². The van der Waals surface area contributed by atoms with E-state index in [9.17, 15) is 18.3 Å². The normalized spacial score (nSPS) is 16.0. The summed E-state index contributed by atoms with van der Waals surface area (Å²) in [6.07, 6.45) is 1.14. The molecule has 7 heteroatoms. The van der Waals surface area contributed by atoms with Crippen molar-refractivity contribution in [2.24, 2.45) is 0 Å². The van der Waals surface area contributed by atoms with E-state index in [-0.39, 0.29) is 22.2 Å². The van der Waals surface area contributed by atoms with Gasteiger partial charge in [0.1, 0.15) is 5.75 Å². The van der Waals surface area contributed by atoms with Crippen molar-refractivity contribution in [1.82, 2.24) is 4.31 Å². The van der Waals surface area contributed by atoms with Gasteiger partial charge in [0.05, 0.1) is 10.6 Å². The molecule has 1 heterocycles. The number of phenolic OH excluding ortho intramolecular Hbond substituents is 1. The van der Waals surface area contributed by atoms with E-state index in [2.05, 4.69) is 0 Å². The molecule has 0 radical (unpaired) electrons. The van der Waals surface area contributed by atoms with Gasteiger partial charge in [-0.3, -0.25) is 4.79 Å². The second-order valence-electron chi connectivity index (χ2n) is 4.89. The summed E-state index contributed by atoms with van der Waals surface area (Å²) in [6, 6.07) is 4.08. The molecule has 0 unspecified atom stereocenters. The highest BCUT2D eigenvalue weighted by molar-refractivity contribution is 7.89. The minimum atomic E-state index is -3.60. The Morgan fingerprint density at radius 1 is 1.29 bits per heavy atom. The molecule has 6 nitrogen and oxygen atoms in total. The van der Waals surface area contributed by atoms with Crippen LogP contribution >= 0.6 is 0 Å². The number of carbonyl (C=O) groups is 1.